The molecular formula is C13H11F2N3S2. The number of rotatable bonds is 5. The Morgan fingerprint density at radius 1 is 1.35 bits per heavy atom. The number of imidazole rings is 1. The van der Waals surface area contributed by atoms with Crippen LogP contribution in [0.4, 0.5) is 14.5 Å². The molecule has 3 aromatic rings. The second-order valence-corrected chi connectivity index (χ2v) is 5.96. The van der Waals surface area contributed by atoms with Crippen LogP contribution in [0.15, 0.2) is 46.9 Å². The summed E-state index contributed by atoms with van der Waals surface area (Å²) in [5, 5.41) is 5.13. The molecule has 1 aromatic carbocycles. The summed E-state index contributed by atoms with van der Waals surface area (Å²) < 4.78 is 26.9. The van der Waals surface area contributed by atoms with Crippen LogP contribution in [0.25, 0.3) is 4.96 Å². The van der Waals surface area contributed by atoms with Gasteiger partial charge in [0.05, 0.1) is 12.2 Å². The number of halogens is 2. The van der Waals surface area contributed by atoms with Crippen LogP contribution in [0.1, 0.15) is 5.69 Å². The average Bonchev–Trinajstić information content (AvgIpc) is 2.97. The van der Waals surface area contributed by atoms with Crippen molar-refractivity contribution in [2.75, 3.05) is 5.32 Å². The Morgan fingerprint density at radius 3 is 3.00 bits per heavy atom. The number of anilines is 1. The molecule has 0 aliphatic carbocycles. The van der Waals surface area contributed by atoms with Crippen molar-refractivity contribution in [1.82, 2.24) is 9.38 Å². The smallest absolute Gasteiger partial charge is 0.288 e. The Kier molecular flexibility index (Phi) is 3.88. The van der Waals surface area contributed by atoms with Crippen LogP contribution in [-0.2, 0) is 6.54 Å². The molecule has 0 radical (unpaired) electrons. The van der Waals surface area contributed by atoms with Crippen molar-refractivity contribution in [2.24, 2.45) is 0 Å². The minimum Gasteiger partial charge on any atom is -0.378 e. The molecule has 3 rings (SSSR count). The van der Waals surface area contributed by atoms with Gasteiger partial charge in [0.15, 0.2) is 4.96 Å². The number of aromatic nitrogens is 2. The summed E-state index contributed by atoms with van der Waals surface area (Å²) in [4.78, 5) is 5.92. The van der Waals surface area contributed by atoms with Crippen LogP contribution < -0.4 is 5.32 Å². The van der Waals surface area contributed by atoms with Gasteiger partial charge in [0.25, 0.3) is 5.76 Å². The first-order chi connectivity index (χ1) is 9.72. The van der Waals surface area contributed by atoms with E-state index in [0.717, 1.165) is 10.7 Å². The molecule has 7 heteroatoms. The standard InChI is InChI=1S/C13H11F2N3S2/c14-12(15)20-11-4-2-1-3-10(11)16-7-9-8-18-5-6-19-13(18)17-9/h1-6,8,12,16H,7H2. The van der Waals surface area contributed by atoms with Crippen molar-refractivity contribution in [2.45, 2.75) is 17.2 Å². The van der Waals surface area contributed by atoms with Crippen LogP contribution in [0.5, 0.6) is 0 Å². The SMILES string of the molecule is FC(F)Sc1ccccc1NCc1cn2ccsc2n1. The third-order valence-electron chi connectivity index (χ3n) is 2.71. The predicted molar refractivity (Wildman–Crippen MR) is 78.7 cm³/mol. The van der Waals surface area contributed by atoms with Gasteiger partial charge in [-0.05, 0) is 12.1 Å². The topological polar surface area (TPSA) is 29.3 Å². The third-order valence-corrected chi connectivity index (χ3v) is 4.27. The van der Waals surface area contributed by atoms with Crippen molar-refractivity contribution < 1.29 is 8.78 Å². The first kappa shape index (κ1) is 13.4. The number of nitrogens with one attached hydrogen (secondary N) is 1. The first-order valence-electron chi connectivity index (χ1n) is 5.91. The van der Waals surface area contributed by atoms with Gasteiger partial charge in [-0.25, -0.2) is 4.98 Å². The number of thioether (sulfide) groups is 1. The molecule has 1 N–H and O–H groups in total. The van der Waals surface area contributed by atoms with E-state index in [4.69, 9.17) is 0 Å². The van der Waals surface area contributed by atoms with E-state index in [2.05, 4.69) is 10.3 Å². The van der Waals surface area contributed by atoms with E-state index in [1.165, 1.54) is 0 Å². The number of fused-ring (bicyclic) bond motifs is 1. The zero-order valence-corrected chi connectivity index (χ0v) is 11.9. The van der Waals surface area contributed by atoms with Gasteiger partial charge < -0.3 is 5.32 Å². The van der Waals surface area contributed by atoms with Gasteiger partial charge in [-0.15, -0.1) is 11.3 Å². The normalized spacial score (nSPS) is 11.3. The summed E-state index contributed by atoms with van der Waals surface area (Å²) in [5.74, 6) is -2.42. The van der Waals surface area contributed by atoms with Gasteiger partial charge >= 0.3 is 0 Å². The van der Waals surface area contributed by atoms with Gasteiger partial charge in [-0.2, -0.15) is 8.78 Å². The zero-order valence-electron chi connectivity index (χ0n) is 10.3. The summed E-state index contributed by atoms with van der Waals surface area (Å²) in [5.41, 5.74) is 1.59. The number of alkyl halides is 2. The molecule has 0 saturated carbocycles. The Morgan fingerprint density at radius 2 is 2.20 bits per heavy atom. The Hall–Kier alpha value is -1.60. The molecule has 3 nitrogen and oxygen atoms in total. The summed E-state index contributed by atoms with van der Waals surface area (Å²) in [6, 6.07) is 7.06. The Bertz CT molecular complexity index is 680. The number of nitrogens with zero attached hydrogens (tertiary/aromatic N) is 2. The lowest BCUT2D eigenvalue weighted by Gasteiger charge is -2.10. The van der Waals surface area contributed by atoms with E-state index in [1.54, 1.807) is 29.5 Å². The van der Waals surface area contributed by atoms with E-state index in [9.17, 15) is 8.78 Å². The molecule has 0 saturated heterocycles. The van der Waals surface area contributed by atoms with Crippen molar-refractivity contribution >= 4 is 33.7 Å². The molecule has 20 heavy (non-hydrogen) atoms. The Balaban J connectivity index is 1.73. The highest BCUT2D eigenvalue weighted by Crippen LogP contribution is 2.31. The zero-order chi connectivity index (χ0) is 13.9. The fraction of sp³-hybridized carbons (Fsp3) is 0.154. The molecule has 2 aromatic heterocycles. The highest BCUT2D eigenvalue weighted by molar-refractivity contribution is 7.99. The third kappa shape index (κ3) is 2.94. The molecule has 0 bridgehead atoms. The van der Waals surface area contributed by atoms with E-state index < -0.39 is 5.76 Å². The number of para-hydroxylation sites is 1. The number of thiazole rings is 1. The van der Waals surface area contributed by atoms with Gasteiger partial charge in [0.1, 0.15) is 0 Å². The first-order valence-corrected chi connectivity index (χ1v) is 7.67. The summed E-state index contributed by atoms with van der Waals surface area (Å²) in [6.45, 7) is 0.509. The molecule has 2 heterocycles. The maximum absolute atomic E-state index is 12.5. The number of benzene rings is 1. The van der Waals surface area contributed by atoms with Crippen molar-refractivity contribution in [1.29, 1.82) is 0 Å². The monoisotopic (exact) mass is 311 g/mol. The number of hydrogen-bond acceptors (Lipinski definition) is 4. The van der Waals surface area contributed by atoms with Crippen LogP contribution in [0.2, 0.25) is 0 Å². The second-order valence-electron chi connectivity index (χ2n) is 4.05. The fourth-order valence-corrected chi connectivity index (χ4v) is 3.19. The van der Waals surface area contributed by atoms with Crippen LogP contribution in [-0.4, -0.2) is 15.1 Å². The molecule has 0 amide bonds. The molecule has 104 valence electrons. The fourth-order valence-electron chi connectivity index (χ4n) is 1.86. The summed E-state index contributed by atoms with van der Waals surface area (Å²) in [6.07, 6.45) is 3.87. The van der Waals surface area contributed by atoms with Crippen molar-refractivity contribution in [3.05, 3.63) is 47.7 Å². The minimum absolute atomic E-state index is 0.509. The number of hydrogen-bond donors (Lipinski definition) is 1. The van der Waals surface area contributed by atoms with Crippen LogP contribution >= 0.6 is 23.1 Å². The largest absolute Gasteiger partial charge is 0.378 e. The molecule has 0 aliphatic heterocycles. The van der Waals surface area contributed by atoms with E-state index in [0.29, 0.717) is 28.9 Å². The van der Waals surface area contributed by atoms with E-state index >= 15 is 0 Å². The van der Waals surface area contributed by atoms with Gasteiger partial charge in [0, 0.05) is 28.4 Å². The Labute approximate surface area is 122 Å². The quantitative estimate of drug-likeness (QED) is 0.711. The lowest BCUT2D eigenvalue weighted by Crippen LogP contribution is -2.01. The van der Waals surface area contributed by atoms with Crippen LogP contribution in [0, 0.1) is 0 Å². The molecule has 0 fully saturated rings. The van der Waals surface area contributed by atoms with Crippen molar-refractivity contribution in [3.63, 3.8) is 0 Å². The molecule has 0 aliphatic rings. The maximum atomic E-state index is 12.5. The lowest BCUT2D eigenvalue weighted by atomic mass is 10.3. The molecule has 0 spiro atoms. The minimum atomic E-state index is -2.42. The highest BCUT2D eigenvalue weighted by Gasteiger charge is 2.10. The van der Waals surface area contributed by atoms with Crippen LogP contribution in [0.3, 0.4) is 0 Å². The second kappa shape index (κ2) is 5.80. The van der Waals surface area contributed by atoms with Crippen molar-refractivity contribution in [3.8, 4) is 0 Å². The highest BCUT2D eigenvalue weighted by atomic mass is 32.2. The molecular weight excluding hydrogens is 300 g/mol. The van der Waals surface area contributed by atoms with Gasteiger partial charge in [-0.3, -0.25) is 4.40 Å². The summed E-state index contributed by atoms with van der Waals surface area (Å²) >= 11 is 2.11. The average molecular weight is 311 g/mol. The van der Waals surface area contributed by atoms with Gasteiger partial charge in [-0.1, -0.05) is 23.9 Å². The predicted octanol–water partition coefficient (Wildman–Crippen LogP) is 4.32. The maximum Gasteiger partial charge on any atom is 0.288 e. The van der Waals surface area contributed by atoms with E-state index in [-0.39, 0.29) is 0 Å². The lowest BCUT2D eigenvalue weighted by molar-refractivity contribution is 0.252. The molecule has 0 unspecified atom stereocenters. The molecule has 0 atom stereocenters. The summed E-state index contributed by atoms with van der Waals surface area (Å²) in [7, 11) is 0. The van der Waals surface area contributed by atoms with Gasteiger partial charge in [0.2, 0.25) is 0 Å². The van der Waals surface area contributed by atoms with E-state index in [1.807, 2.05) is 28.2 Å².